The number of fused-ring (bicyclic) bond motifs is 1. The molecule has 0 saturated carbocycles. The second-order valence-electron chi connectivity index (χ2n) is 6.40. The first-order chi connectivity index (χ1) is 13.7. The molecule has 2 N–H and O–H groups in total. The van der Waals surface area contributed by atoms with Crippen LogP contribution in [0.25, 0.3) is 22.0 Å². The Balaban J connectivity index is 2.21. The molecule has 0 aliphatic heterocycles. The first-order valence-electron chi connectivity index (χ1n) is 8.72. The number of nitrogens with zero attached hydrogens (tertiary/aromatic N) is 1. The van der Waals surface area contributed by atoms with Crippen LogP contribution in [0.2, 0.25) is 0 Å². The van der Waals surface area contributed by atoms with Crippen molar-refractivity contribution in [1.82, 2.24) is 4.57 Å². The predicted molar refractivity (Wildman–Crippen MR) is 108 cm³/mol. The predicted octanol–water partition coefficient (Wildman–Crippen LogP) is 5.85. The smallest absolute Gasteiger partial charge is 0.337 e. The fourth-order valence-electron chi connectivity index (χ4n) is 3.33. The summed E-state index contributed by atoms with van der Waals surface area (Å²) in [6, 6.07) is 11.1. The van der Waals surface area contributed by atoms with Gasteiger partial charge in [0.2, 0.25) is 0 Å². The number of nitrogens with two attached hydrogens (primary N) is 1. The molecular weight excluding hydrogens is 404 g/mol. The van der Waals surface area contributed by atoms with E-state index in [1.54, 1.807) is 41.8 Å². The van der Waals surface area contributed by atoms with E-state index in [0.29, 0.717) is 39.6 Å². The third-order valence-corrected chi connectivity index (χ3v) is 5.21. The average Bonchev–Trinajstić information content (AvgIpc) is 2.91. The van der Waals surface area contributed by atoms with Crippen molar-refractivity contribution in [2.75, 3.05) is 6.54 Å². The van der Waals surface area contributed by atoms with E-state index in [-0.39, 0.29) is 29.7 Å². The van der Waals surface area contributed by atoms with Gasteiger partial charge in [0.15, 0.2) is 0 Å². The van der Waals surface area contributed by atoms with E-state index in [1.165, 1.54) is 18.2 Å². The Hall–Kier alpha value is -2.58. The van der Waals surface area contributed by atoms with Gasteiger partial charge in [0.25, 0.3) is 0 Å². The summed E-state index contributed by atoms with van der Waals surface area (Å²) in [7, 11) is 0. The second-order valence-corrected chi connectivity index (χ2v) is 7.54. The molecule has 0 spiro atoms. The molecule has 1 heterocycles. The van der Waals surface area contributed by atoms with Gasteiger partial charge in [-0.05, 0) is 60.7 Å². The topological polar surface area (TPSA) is 48.0 Å². The number of hydrogen-bond acceptors (Lipinski definition) is 3. The van der Waals surface area contributed by atoms with Gasteiger partial charge in [0.1, 0.15) is 12.1 Å². The van der Waals surface area contributed by atoms with E-state index >= 15 is 0 Å². The van der Waals surface area contributed by atoms with Gasteiger partial charge < -0.3 is 10.3 Å². The second kappa shape index (κ2) is 8.42. The number of aldehydes is 1. The summed E-state index contributed by atoms with van der Waals surface area (Å²) < 4.78 is 54.3. The Morgan fingerprint density at radius 1 is 1.21 bits per heavy atom. The zero-order chi connectivity index (χ0) is 21.2. The van der Waals surface area contributed by atoms with Crippen molar-refractivity contribution in [3.8, 4) is 11.1 Å². The van der Waals surface area contributed by atoms with Gasteiger partial charge in [-0.2, -0.15) is 13.2 Å². The summed E-state index contributed by atoms with van der Waals surface area (Å²) >= 11 is -0.193. The summed E-state index contributed by atoms with van der Waals surface area (Å²) in [5.74, 6) is -0.417. The molecule has 0 aliphatic rings. The highest BCUT2D eigenvalue weighted by Gasteiger charge is 2.29. The number of carbonyl (C=O) groups is 1. The van der Waals surface area contributed by atoms with E-state index in [4.69, 9.17) is 5.73 Å². The maximum Gasteiger partial charge on any atom is 0.446 e. The summed E-state index contributed by atoms with van der Waals surface area (Å²) in [4.78, 5) is 11.3. The molecule has 0 unspecified atom stereocenters. The van der Waals surface area contributed by atoms with Gasteiger partial charge in [-0.3, -0.25) is 4.79 Å². The fraction of sp³-hybridized carbons (Fsp3) is 0.190. The van der Waals surface area contributed by atoms with Crippen LogP contribution < -0.4 is 5.73 Å². The lowest BCUT2D eigenvalue weighted by Crippen LogP contribution is -2.03. The maximum absolute atomic E-state index is 14.2. The van der Waals surface area contributed by atoms with Crippen LogP contribution >= 0.6 is 11.8 Å². The highest BCUT2D eigenvalue weighted by atomic mass is 32.2. The number of carbonyl (C=O) groups excluding carboxylic acids is 1. The van der Waals surface area contributed by atoms with Gasteiger partial charge in [-0.15, -0.1) is 0 Å². The van der Waals surface area contributed by atoms with E-state index in [0.717, 1.165) is 0 Å². The molecule has 1 aromatic heterocycles. The van der Waals surface area contributed by atoms with Gasteiger partial charge in [-0.25, -0.2) is 4.39 Å². The summed E-state index contributed by atoms with van der Waals surface area (Å²) in [5, 5.41) is 0.668. The van der Waals surface area contributed by atoms with Crippen LogP contribution in [0.1, 0.15) is 16.1 Å². The number of allylic oxidation sites excluding steroid dienone is 1. The van der Waals surface area contributed by atoms with Crippen LogP contribution in [-0.4, -0.2) is 22.9 Å². The molecule has 0 saturated heterocycles. The lowest BCUT2D eigenvalue weighted by atomic mass is 10.0. The van der Waals surface area contributed by atoms with Crippen molar-refractivity contribution in [3.63, 3.8) is 0 Å². The molecule has 2 aromatic carbocycles. The third kappa shape index (κ3) is 4.71. The monoisotopic (exact) mass is 422 g/mol. The van der Waals surface area contributed by atoms with Crippen molar-refractivity contribution in [1.29, 1.82) is 0 Å². The van der Waals surface area contributed by atoms with Crippen LogP contribution in [-0.2, 0) is 6.54 Å². The summed E-state index contributed by atoms with van der Waals surface area (Å²) in [6.45, 7) is 1.77. The zero-order valence-electron chi connectivity index (χ0n) is 15.5. The molecular formula is C21H18F4N2OS. The van der Waals surface area contributed by atoms with Crippen LogP contribution in [0.5, 0.6) is 0 Å². The molecule has 0 radical (unpaired) electrons. The molecule has 29 heavy (non-hydrogen) atoms. The fourth-order valence-corrected chi connectivity index (χ4v) is 3.93. The Morgan fingerprint density at radius 2 is 1.97 bits per heavy atom. The standard InChI is InChI=1S/C21H18F4N2OS/c1-13-20(15-3-2-4-17(10-15)29-21(23,24)25)18-9-14(12-28)5-6-19(18)27(13)11-16(22)7-8-26/h2-7,9-10,12H,8,11,26H2,1H3/b16-7-. The van der Waals surface area contributed by atoms with Crippen LogP contribution in [0.15, 0.2) is 59.3 Å². The largest absolute Gasteiger partial charge is 0.446 e. The molecule has 3 nitrogen and oxygen atoms in total. The van der Waals surface area contributed by atoms with E-state index in [9.17, 15) is 22.4 Å². The number of halogens is 4. The Kier molecular flexibility index (Phi) is 6.14. The van der Waals surface area contributed by atoms with Crippen molar-refractivity contribution < 1.29 is 22.4 Å². The molecule has 3 rings (SSSR count). The van der Waals surface area contributed by atoms with Gasteiger partial charge in [0, 0.05) is 39.2 Å². The first kappa shape index (κ1) is 21.1. The summed E-state index contributed by atoms with van der Waals surface area (Å²) in [5.41, 5.74) is 3.98. The maximum atomic E-state index is 14.2. The third-order valence-electron chi connectivity index (χ3n) is 4.49. The minimum Gasteiger partial charge on any atom is -0.337 e. The highest BCUT2D eigenvalue weighted by Crippen LogP contribution is 2.41. The molecule has 3 aromatic rings. The quantitative estimate of drug-likeness (QED) is 0.308. The Labute approximate surface area is 169 Å². The van der Waals surface area contributed by atoms with E-state index < -0.39 is 11.3 Å². The Morgan fingerprint density at radius 3 is 2.62 bits per heavy atom. The average molecular weight is 422 g/mol. The summed E-state index contributed by atoms with van der Waals surface area (Å²) in [6.07, 6.45) is 1.96. The first-order valence-corrected chi connectivity index (χ1v) is 9.54. The molecule has 0 atom stereocenters. The Bertz CT molecular complexity index is 1090. The minimum atomic E-state index is -4.40. The van der Waals surface area contributed by atoms with Gasteiger partial charge in [0.05, 0.1) is 6.54 Å². The number of alkyl halides is 3. The molecule has 0 aliphatic carbocycles. The van der Waals surface area contributed by atoms with Crippen LogP contribution in [0.4, 0.5) is 17.6 Å². The van der Waals surface area contributed by atoms with E-state index in [2.05, 4.69) is 0 Å². The number of rotatable bonds is 6. The number of aromatic nitrogens is 1. The normalized spacial score (nSPS) is 12.6. The van der Waals surface area contributed by atoms with Crippen molar-refractivity contribution in [3.05, 3.63) is 65.6 Å². The van der Waals surface area contributed by atoms with Crippen LogP contribution in [0, 0.1) is 6.92 Å². The SMILES string of the molecule is Cc1c(-c2cccc(SC(F)(F)F)c2)c2cc(C=O)ccc2n1C/C(F)=C/CN. The number of hydrogen-bond donors (Lipinski definition) is 1. The lowest BCUT2D eigenvalue weighted by molar-refractivity contribution is -0.0328. The van der Waals surface area contributed by atoms with Crippen molar-refractivity contribution in [2.24, 2.45) is 5.73 Å². The minimum absolute atomic E-state index is 0.0519. The lowest BCUT2D eigenvalue weighted by Gasteiger charge is -2.09. The number of benzene rings is 2. The molecule has 152 valence electrons. The molecule has 0 amide bonds. The van der Waals surface area contributed by atoms with Crippen molar-refractivity contribution in [2.45, 2.75) is 23.9 Å². The molecule has 8 heteroatoms. The molecule has 0 fully saturated rings. The zero-order valence-corrected chi connectivity index (χ0v) is 16.3. The van der Waals surface area contributed by atoms with Crippen molar-refractivity contribution >= 4 is 29.0 Å². The highest BCUT2D eigenvalue weighted by molar-refractivity contribution is 8.00. The van der Waals surface area contributed by atoms with E-state index in [1.807, 2.05) is 0 Å². The van der Waals surface area contributed by atoms with Gasteiger partial charge >= 0.3 is 5.51 Å². The van der Waals surface area contributed by atoms with Gasteiger partial charge in [-0.1, -0.05) is 12.1 Å². The molecule has 0 bridgehead atoms. The number of thioether (sulfide) groups is 1. The van der Waals surface area contributed by atoms with Crippen LogP contribution in [0.3, 0.4) is 0 Å².